The van der Waals surface area contributed by atoms with Crippen LogP contribution in [0.1, 0.15) is 11.4 Å². The lowest BCUT2D eigenvalue weighted by Crippen LogP contribution is -2.36. The van der Waals surface area contributed by atoms with Gasteiger partial charge in [0.25, 0.3) is 0 Å². The van der Waals surface area contributed by atoms with Crippen molar-refractivity contribution in [3.05, 3.63) is 59.9 Å². The van der Waals surface area contributed by atoms with Crippen molar-refractivity contribution in [1.29, 1.82) is 0 Å². The van der Waals surface area contributed by atoms with E-state index in [4.69, 9.17) is 0 Å². The number of nitrogens with zero attached hydrogens (tertiary/aromatic N) is 1. The monoisotopic (exact) mass is 332 g/mol. The van der Waals surface area contributed by atoms with Crippen LogP contribution in [-0.2, 0) is 16.1 Å². The van der Waals surface area contributed by atoms with Crippen LogP contribution in [0.4, 0.5) is 8.78 Å². The van der Waals surface area contributed by atoms with Crippen molar-refractivity contribution in [2.75, 3.05) is 0 Å². The van der Waals surface area contributed by atoms with Crippen LogP contribution >= 0.6 is 0 Å². The molecule has 1 aromatic heterocycles. The molecule has 2 aromatic carbocycles. The van der Waals surface area contributed by atoms with Gasteiger partial charge >= 0.3 is 12.1 Å². The fourth-order valence-corrected chi connectivity index (χ4v) is 2.17. The molecule has 0 saturated heterocycles. The van der Waals surface area contributed by atoms with Crippen molar-refractivity contribution in [2.24, 2.45) is 0 Å². The molecule has 3 rings (SSSR count). The van der Waals surface area contributed by atoms with Crippen LogP contribution in [-0.4, -0.2) is 22.0 Å². The minimum absolute atomic E-state index is 0.171. The number of esters is 1. The molecular formula is C17H14F2N2O3. The molecule has 1 N–H and O–H groups in total. The summed E-state index contributed by atoms with van der Waals surface area (Å²) in [4.78, 5) is 18.7. The maximum atomic E-state index is 13.9. The number of aryl methyl sites for hydroxylation is 1. The fourth-order valence-electron chi connectivity index (χ4n) is 2.17. The predicted molar refractivity (Wildman–Crippen MR) is 82.6 cm³/mol. The maximum Gasteiger partial charge on any atom is 0.502 e. The van der Waals surface area contributed by atoms with Gasteiger partial charge in [-0.15, -0.1) is 0 Å². The van der Waals surface area contributed by atoms with Crippen molar-refractivity contribution in [2.45, 2.75) is 19.6 Å². The number of H-pyrrole nitrogens is 1. The maximum absolute atomic E-state index is 13.9. The summed E-state index contributed by atoms with van der Waals surface area (Å²) in [7, 11) is 0. The standard InChI is InChI=1S/C17H14F2N2O3/c1-11-20-14-8-7-13(9-15(14)21-11)24-17(18,19)16(22)23-10-12-5-3-2-4-6-12/h2-9H,10H2,1H3,(H,20,21). The van der Waals surface area contributed by atoms with E-state index in [1.165, 1.54) is 12.1 Å². The number of benzene rings is 2. The highest BCUT2D eigenvalue weighted by atomic mass is 19.3. The Bertz CT molecular complexity index is 863. The van der Waals surface area contributed by atoms with Gasteiger partial charge in [0.1, 0.15) is 18.2 Å². The first-order chi connectivity index (χ1) is 11.4. The van der Waals surface area contributed by atoms with Gasteiger partial charge in [0, 0.05) is 6.07 Å². The number of nitrogens with one attached hydrogen (secondary N) is 1. The molecule has 0 radical (unpaired) electrons. The van der Waals surface area contributed by atoms with Crippen molar-refractivity contribution >= 4 is 17.0 Å². The predicted octanol–water partition coefficient (Wildman–Crippen LogP) is 3.59. The first-order valence-electron chi connectivity index (χ1n) is 7.18. The second-order valence-electron chi connectivity index (χ2n) is 5.18. The van der Waals surface area contributed by atoms with Crippen LogP contribution in [0, 0.1) is 6.92 Å². The first-order valence-corrected chi connectivity index (χ1v) is 7.18. The Morgan fingerprint density at radius 3 is 2.71 bits per heavy atom. The molecule has 0 unspecified atom stereocenters. The molecule has 0 saturated carbocycles. The highest BCUT2D eigenvalue weighted by molar-refractivity contribution is 5.78. The zero-order valence-electron chi connectivity index (χ0n) is 12.8. The second-order valence-corrected chi connectivity index (χ2v) is 5.18. The van der Waals surface area contributed by atoms with Crippen molar-refractivity contribution in [3.8, 4) is 5.75 Å². The largest absolute Gasteiger partial charge is 0.502 e. The van der Waals surface area contributed by atoms with Gasteiger partial charge in [0.05, 0.1) is 11.0 Å². The molecule has 124 valence electrons. The first kappa shape index (κ1) is 15.9. The van der Waals surface area contributed by atoms with Crippen molar-refractivity contribution < 1.29 is 23.0 Å². The van der Waals surface area contributed by atoms with E-state index in [0.717, 1.165) is 0 Å². The molecule has 3 aromatic rings. The van der Waals surface area contributed by atoms with Gasteiger partial charge in [-0.3, -0.25) is 0 Å². The summed E-state index contributed by atoms with van der Waals surface area (Å²) in [5.74, 6) is -1.27. The number of fused-ring (bicyclic) bond motifs is 1. The molecule has 0 fully saturated rings. The van der Waals surface area contributed by atoms with Gasteiger partial charge in [-0.05, 0) is 24.6 Å². The van der Waals surface area contributed by atoms with E-state index in [2.05, 4.69) is 19.4 Å². The summed E-state index contributed by atoms with van der Waals surface area (Å²) in [6, 6.07) is 12.8. The zero-order chi connectivity index (χ0) is 17.2. The number of alkyl halides is 2. The number of halogens is 2. The lowest BCUT2D eigenvalue weighted by atomic mass is 10.2. The Balaban J connectivity index is 1.68. The van der Waals surface area contributed by atoms with Gasteiger partial charge in [0.15, 0.2) is 0 Å². The van der Waals surface area contributed by atoms with Crippen LogP contribution in [0.5, 0.6) is 5.75 Å². The third-order valence-corrected chi connectivity index (χ3v) is 3.27. The normalized spacial score (nSPS) is 11.5. The van der Waals surface area contributed by atoms with Crippen molar-refractivity contribution in [1.82, 2.24) is 9.97 Å². The number of hydrogen-bond donors (Lipinski definition) is 1. The SMILES string of the molecule is Cc1nc2cc(OC(F)(F)C(=O)OCc3ccccc3)ccc2[nH]1. The van der Waals surface area contributed by atoms with Gasteiger partial charge in [-0.25, -0.2) is 9.78 Å². The molecule has 0 amide bonds. The minimum Gasteiger partial charge on any atom is -0.453 e. The molecule has 0 bridgehead atoms. The molecule has 0 aliphatic heterocycles. The van der Waals surface area contributed by atoms with Crippen LogP contribution in [0.15, 0.2) is 48.5 Å². The van der Waals surface area contributed by atoms with E-state index < -0.39 is 12.1 Å². The molecule has 7 heteroatoms. The number of imidazole rings is 1. The number of carbonyl (C=O) groups excluding carboxylic acids is 1. The summed E-state index contributed by atoms with van der Waals surface area (Å²) in [6.07, 6.45) is -4.09. The van der Waals surface area contributed by atoms with E-state index in [0.29, 0.717) is 22.4 Å². The Kier molecular flexibility index (Phi) is 4.16. The second kappa shape index (κ2) is 6.27. The Labute approximate surface area is 136 Å². The van der Waals surface area contributed by atoms with Gasteiger partial charge in [-0.1, -0.05) is 30.3 Å². The van der Waals surface area contributed by atoms with Crippen LogP contribution in [0.3, 0.4) is 0 Å². The molecule has 24 heavy (non-hydrogen) atoms. The number of hydrogen-bond acceptors (Lipinski definition) is 4. The van der Waals surface area contributed by atoms with Crippen LogP contribution in [0.2, 0.25) is 0 Å². The van der Waals surface area contributed by atoms with E-state index in [1.54, 1.807) is 43.3 Å². The molecule has 0 atom stereocenters. The third kappa shape index (κ3) is 3.51. The third-order valence-electron chi connectivity index (χ3n) is 3.27. The fraction of sp³-hybridized carbons (Fsp3) is 0.176. The number of aromatic amines is 1. The van der Waals surface area contributed by atoms with Gasteiger partial charge < -0.3 is 14.5 Å². The van der Waals surface area contributed by atoms with E-state index in [9.17, 15) is 13.6 Å². The number of rotatable bonds is 5. The summed E-state index contributed by atoms with van der Waals surface area (Å²) in [5.41, 5.74) is 1.77. The van der Waals surface area contributed by atoms with Crippen molar-refractivity contribution in [3.63, 3.8) is 0 Å². The van der Waals surface area contributed by atoms with E-state index >= 15 is 0 Å². The summed E-state index contributed by atoms with van der Waals surface area (Å²) in [5, 5.41) is 0. The molecule has 5 nitrogen and oxygen atoms in total. The summed E-state index contributed by atoms with van der Waals surface area (Å²) in [6.45, 7) is 1.49. The molecule has 0 spiro atoms. The van der Waals surface area contributed by atoms with Crippen LogP contribution < -0.4 is 4.74 Å². The topological polar surface area (TPSA) is 64.2 Å². The average Bonchev–Trinajstić information content (AvgIpc) is 2.92. The molecular weight excluding hydrogens is 318 g/mol. The zero-order valence-corrected chi connectivity index (χ0v) is 12.8. The smallest absolute Gasteiger partial charge is 0.453 e. The number of carbonyl (C=O) groups is 1. The molecule has 0 aliphatic rings. The Hall–Kier alpha value is -2.96. The quantitative estimate of drug-likeness (QED) is 0.725. The Morgan fingerprint density at radius 1 is 1.21 bits per heavy atom. The molecule has 1 heterocycles. The molecule has 0 aliphatic carbocycles. The lowest BCUT2D eigenvalue weighted by molar-refractivity contribution is -0.218. The van der Waals surface area contributed by atoms with E-state index in [-0.39, 0.29) is 12.4 Å². The number of ether oxygens (including phenoxy) is 2. The van der Waals surface area contributed by atoms with Gasteiger partial charge in [-0.2, -0.15) is 8.78 Å². The average molecular weight is 332 g/mol. The Morgan fingerprint density at radius 2 is 1.96 bits per heavy atom. The summed E-state index contributed by atoms with van der Waals surface area (Å²) >= 11 is 0. The lowest BCUT2D eigenvalue weighted by Gasteiger charge is -2.16. The minimum atomic E-state index is -4.09. The van der Waals surface area contributed by atoms with Crippen LogP contribution in [0.25, 0.3) is 11.0 Å². The van der Waals surface area contributed by atoms with Gasteiger partial charge in [0.2, 0.25) is 0 Å². The summed E-state index contributed by atoms with van der Waals surface area (Å²) < 4.78 is 36.9. The highest BCUT2D eigenvalue weighted by Gasteiger charge is 2.44. The highest BCUT2D eigenvalue weighted by Crippen LogP contribution is 2.26. The van der Waals surface area contributed by atoms with E-state index in [1.807, 2.05) is 0 Å². The number of aromatic nitrogens is 2.